The van der Waals surface area contributed by atoms with Gasteiger partial charge in [0, 0.05) is 16.9 Å². The molecule has 0 saturated carbocycles. The average Bonchev–Trinajstić information content (AvgIpc) is 2.95. The summed E-state index contributed by atoms with van der Waals surface area (Å²) in [4.78, 5) is 27.3. The summed E-state index contributed by atoms with van der Waals surface area (Å²) in [6.07, 6.45) is 1.48. The van der Waals surface area contributed by atoms with E-state index in [2.05, 4.69) is 0 Å². The molecule has 150 valence electrons. The molecule has 0 atom stereocenters. The van der Waals surface area contributed by atoms with Gasteiger partial charge in [-0.15, -0.1) is 0 Å². The number of hydrogen-bond donors (Lipinski definition) is 1. The van der Waals surface area contributed by atoms with Gasteiger partial charge < -0.3 is 14.6 Å². The van der Waals surface area contributed by atoms with Gasteiger partial charge in [-0.05, 0) is 56.2 Å². The standard InChI is InChI=1S/C23H23NO5/c1-13-9-10-17(11-14(13)2)24-15(3)20(23(27)29-5)18(22(24)26)12-16-7-6-8-19(28-4)21(16)25/h6-12,25H,1-5H3/b18-12-. The van der Waals surface area contributed by atoms with E-state index in [1.807, 2.05) is 32.0 Å². The summed E-state index contributed by atoms with van der Waals surface area (Å²) in [6, 6.07) is 10.6. The number of aromatic hydroxyl groups is 1. The molecule has 1 heterocycles. The van der Waals surface area contributed by atoms with Crippen LogP contribution in [0.4, 0.5) is 5.69 Å². The fourth-order valence-electron chi connectivity index (χ4n) is 3.33. The molecule has 0 bridgehead atoms. The van der Waals surface area contributed by atoms with Crippen LogP contribution >= 0.6 is 0 Å². The zero-order chi connectivity index (χ0) is 21.3. The van der Waals surface area contributed by atoms with E-state index in [4.69, 9.17) is 9.47 Å². The number of phenols is 1. The topological polar surface area (TPSA) is 76.1 Å². The molecule has 1 aliphatic heterocycles. The van der Waals surface area contributed by atoms with E-state index in [-0.39, 0.29) is 28.6 Å². The van der Waals surface area contributed by atoms with Crippen LogP contribution in [0.1, 0.15) is 23.6 Å². The Kier molecular flexibility index (Phi) is 5.46. The minimum Gasteiger partial charge on any atom is -0.504 e. The molecule has 6 nitrogen and oxygen atoms in total. The lowest BCUT2D eigenvalue weighted by Gasteiger charge is -2.19. The molecule has 29 heavy (non-hydrogen) atoms. The first-order valence-corrected chi connectivity index (χ1v) is 9.09. The maximum atomic E-state index is 13.3. The number of nitrogens with zero attached hydrogens (tertiary/aromatic N) is 1. The highest BCUT2D eigenvalue weighted by atomic mass is 16.5. The summed E-state index contributed by atoms with van der Waals surface area (Å²) in [5, 5.41) is 10.4. The van der Waals surface area contributed by atoms with Crippen molar-refractivity contribution in [1.29, 1.82) is 0 Å². The number of esters is 1. The minimum atomic E-state index is -0.615. The van der Waals surface area contributed by atoms with Crippen LogP contribution in [0.3, 0.4) is 0 Å². The molecule has 2 aromatic rings. The van der Waals surface area contributed by atoms with E-state index in [0.29, 0.717) is 16.9 Å². The number of phenolic OH excluding ortho intramolecular Hbond substituents is 1. The largest absolute Gasteiger partial charge is 0.504 e. The highest BCUT2D eigenvalue weighted by Gasteiger charge is 2.38. The van der Waals surface area contributed by atoms with Crippen LogP contribution in [0.5, 0.6) is 11.5 Å². The van der Waals surface area contributed by atoms with Gasteiger partial charge in [0.15, 0.2) is 11.5 Å². The normalized spacial score (nSPS) is 15.3. The Morgan fingerprint density at radius 2 is 1.79 bits per heavy atom. The first kappa shape index (κ1) is 20.2. The van der Waals surface area contributed by atoms with Gasteiger partial charge in [0.05, 0.1) is 25.4 Å². The van der Waals surface area contributed by atoms with Crippen molar-refractivity contribution in [2.45, 2.75) is 20.8 Å². The SMILES string of the molecule is COC(=O)C1=C(C)N(c2ccc(C)c(C)c2)C(=O)/C1=C\c1cccc(OC)c1O. The van der Waals surface area contributed by atoms with E-state index in [1.54, 1.807) is 25.1 Å². The number of rotatable bonds is 4. The number of allylic oxidation sites excluding steroid dienone is 1. The van der Waals surface area contributed by atoms with Gasteiger partial charge in [0.25, 0.3) is 5.91 Å². The third-order valence-corrected chi connectivity index (χ3v) is 5.09. The number of para-hydroxylation sites is 1. The fraction of sp³-hybridized carbons (Fsp3) is 0.217. The van der Waals surface area contributed by atoms with E-state index >= 15 is 0 Å². The lowest BCUT2D eigenvalue weighted by molar-refractivity contribution is -0.136. The number of hydrogen-bond acceptors (Lipinski definition) is 5. The molecule has 6 heteroatoms. The van der Waals surface area contributed by atoms with Crippen molar-refractivity contribution in [2.24, 2.45) is 0 Å². The van der Waals surface area contributed by atoms with Crippen molar-refractivity contribution in [2.75, 3.05) is 19.1 Å². The number of aryl methyl sites for hydroxylation is 2. The third-order valence-electron chi connectivity index (χ3n) is 5.09. The second-order valence-corrected chi connectivity index (χ2v) is 6.82. The van der Waals surface area contributed by atoms with E-state index < -0.39 is 5.97 Å². The Morgan fingerprint density at radius 3 is 2.41 bits per heavy atom. The monoisotopic (exact) mass is 393 g/mol. The lowest BCUT2D eigenvalue weighted by Crippen LogP contribution is -2.24. The Bertz CT molecular complexity index is 1060. The zero-order valence-corrected chi connectivity index (χ0v) is 17.1. The van der Waals surface area contributed by atoms with Crippen molar-refractivity contribution < 1.29 is 24.2 Å². The quantitative estimate of drug-likeness (QED) is 0.630. The summed E-state index contributed by atoms with van der Waals surface area (Å²) in [5.74, 6) is -0.817. The molecule has 1 amide bonds. The Hall–Kier alpha value is -3.54. The van der Waals surface area contributed by atoms with Crippen LogP contribution in [0, 0.1) is 13.8 Å². The predicted molar refractivity (Wildman–Crippen MR) is 111 cm³/mol. The maximum Gasteiger partial charge on any atom is 0.340 e. The molecule has 0 unspecified atom stereocenters. The smallest absolute Gasteiger partial charge is 0.340 e. The molecule has 0 fully saturated rings. The van der Waals surface area contributed by atoms with Crippen molar-refractivity contribution in [1.82, 2.24) is 0 Å². The van der Waals surface area contributed by atoms with Gasteiger partial charge >= 0.3 is 5.97 Å². The lowest BCUT2D eigenvalue weighted by atomic mass is 10.0. The Morgan fingerprint density at radius 1 is 1.07 bits per heavy atom. The van der Waals surface area contributed by atoms with Gasteiger partial charge in [0.1, 0.15) is 0 Å². The third kappa shape index (κ3) is 3.49. The van der Waals surface area contributed by atoms with Gasteiger partial charge in [0.2, 0.25) is 0 Å². The first-order valence-electron chi connectivity index (χ1n) is 9.09. The number of amides is 1. The second kappa shape index (κ2) is 7.83. The molecule has 2 aromatic carbocycles. The van der Waals surface area contributed by atoms with E-state index in [0.717, 1.165) is 11.1 Å². The van der Waals surface area contributed by atoms with Gasteiger partial charge in [-0.25, -0.2) is 4.79 Å². The molecule has 3 rings (SSSR count). The van der Waals surface area contributed by atoms with Gasteiger partial charge in [-0.1, -0.05) is 18.2 Å². The number of ether oxygens (including phenoxy) is 2. The van der Waals surface area contributed by atoms with Gasteiger partial charge in [-0.2, -0.15) is 0 Å². The van der Waals surface area contributed by atoms with Crippen LogP contribution in [0.25, 0.3) is 6.08 Å². The van der Waals surface area contributed by atoms with Crippen molar-refractivity contribution in [3.63, 3.8) is 0 Å². The van der Waals surface area contributed by atoms with E-state index in [1.165, 1.54) is 25.2 Å². The van der Waals surface area contributed by atoms with E-state index in [9.17, 15) is 14.7 Å². The van der Waals surface area contributed by atoms with Gasteiger partial charge in [-0.3, -0.25) is 9.69 Å². The molecule has 0 saturated heterocycles. The van der Waals surface area contributed by atoms with Crippen LogP contribution in [-0.2, 0) is 14.3 Å². The molecule has 0 spiro atoms. The molecule has 1 aliphatic rings. The molecular weight excluding hydrogens is 370 g/mol. The molecule has 0 aliphatic carbocycles. The first-order chi connectivity index (χ1) is 13.8. The summed E-state index contributed by atoms with van der Waals surface area (Å²) in [6.45, 7) is 5.65. The summed E-state index contributed by atoms with van der Waals surface area (Å²) in [5.41, 5.74) is 3.95. The number of benzene rings is 2. The number of carbonyl (C=O) groups excluding carboxylic acids is 2. The van der Waals surface area contributed by atoms with Crippen LogP contribution in [0.2, 0.25) is 0 Å². The zero-order valence-electron chi connectivity index (χ0n) is 17.1. The molecule has 1 N–H and O–H groups in total. The Balaban J connectivity index is 2.18. The summed E-state index contributed by atoms with van der Waals surface area (Å²) in [7, 11) is 2.71. The fourth-order valence-corrected chi connectivity index (χ4v) is 3.33. The summed E-state index contributed by atoms with van der Waals surface area (Å²) < 4.78 is 10.0. The average molecular weight is 393 g/mol. The Labute approximate surface area is 169 Å². The number of carbonyl (C=O) groups is 2. The van der Waals surface area contributed by atoms with Crippen LogP contribution in [0.15, 0.2) is 53.2 Å². The second-order valence-electron chi connectivity index (χ2n) is 6.82. The molecule has 0 aromatic heterocycles. The minimum absolute atomic E-state index is 0.109. The number of anilines is 1. The van der Waals surface area contributed by atoms with Crippen molar-refractivity contribution in [3.8, 4) is 11.5 Å². The predicted octanol–water partition coefficient (Wildman–Crippen LogP) is 3.89. The van der Waals surface area contributed by atoms with Crippen LogP contribution in [-0.4, -0.2) is 31.2 Å². The van der Waals surface area contributed by atoms with Crippen molar-refractivity contribution >= 4 is 23.6 Å². The highest BCUT2D eigenvalue weighted by Crippen LogP contribution is 2.38. The molecule has 0 radical (unpaired) electrons. The maximum absolute atomic E-state index is 13.3. The highest BCUT2D eigenvalue weighted by molar-refractivity contribution is 6.24. The van der Waals surface area contributed by atoms with Crippen molar-refractivity contribution in [3.05, 3.63) is 69.9 Å². The van der Waals surface area contributed by atoms with Crippen LogP contribution < -0.4 is 9.64 Å². The number of methoxy groups -OCH3 is 2. The molecular formula is C23H23NO5. The summed E-state index contributed by atoms with van der Waals surface area (Å²) >= 11 is 0.